The smallest absolute Gasteiger partial charge is 0.370 e. The Morgan fingerprint density at radius 2 is 1.47 bits per heavy atom. The van der Waals surface area contributed by atoms with Crippen molar-refractivity contribution in [1.82, 2.24) is 5.32 Å². The number of carbonyl (C=O) groups is 4. The van der Waals surface area contributed by atoms with Crippen molar-refractivity contribution in [3.63, 3.8) is 0 Å². The van der Waals surface area contributed by atoms with Crippen molar-refractivity contribution >= 4 is 34.9 Å². The van der Waals surface area contributed by atoms with Crippen molar-refractivity contribution in [2.45, 2.75) is 24.6 Å². The Labute approximate surface area is 177 Å². The second-order valence-electron chi connectivity index (χ2n) is 6.63. The molecule has 2 aromatic carbocycles. The standard InChI is InChI=1S/C21H21NO7S/c1-21(2,16(18(24)25)22-17(23)14-9-5-3-6-10-14)30-20(27)29-13-28-19(26)15-11-7-4-8-12-15/h3-12,16H,13H2,1-2H3,(H,22,23)(H,24,25)/t16-/m0/s1. The van der Waals surface area contributed by atoms with Crippen LogP contribution in [-0.4, -0.2) is 45.8 Å². The normalized spacial score (nSPS) is 11.8. The van der Waals surface area contributed by atoms with Crippen LogP contribution in [-0.2, 0) is 14.3 Å². The van der Waals surface area contributed by atoms with Gasteiger partial charge in [0.15, 0.2) is 0 Å². The molecule has 0 heterocycles. The average Bonchev–Trinajstić information content (AvgIpc) is 2.72. The summed E-state index contributed by atoms with van der Waals surface area (Å²) in [6.45, 7) is 2.35. The molecule has 0 aromatic heterocycles. The summed E-state index contributed by atoms with van der Waals surface area (Å²) in [5, 5.41) is 11.1. The minimum absolute atomic E-state index is 0.292. The number of ether oxygens (including phenoxy) is 2. The number of hydrogen-bond acceptors (Lipinski definition) is 7. The fourth-order valence-corrected chi connectivity index (χ4v) is 3.24. The van der Waals surface area contributed by atoms with Crippen molar-refractivity contribution in [3.8, 4) is 0 Å². The van der Waals surface area contributed by atoms with E-state index in [1.54, 1.807) is 60.7 Å². The van der Waals surface area contributed by atoms with E-state index < -0.39 is 40.7 Å². The van der Waals surface area contributed by atoms with E-state index in [4.69, 9.17) is 9.47 Å². The molecule has 0 saturated carbocycles. The van der Waals surface area contributed by atoms with Crippen LogP contribution in [0.25, 0.3) is 0 Å². The molecule has 0 fully saturated rings. The largest absolute Gasteiger partial charge is 0.480 e. The molecular weight excluding hydrogens is 410 g/mol. The number of carbonyl (C=O) groups excluding carboxylic acids is 3. The predicted octanol–water partition coefficient (Wildman–Crippen LogP) is 3.33. The highest BCUT2D eigenvalue weighted by Gasteiger charge is 2.40. The van der Waals surface area contributed by atoms with E-state index in [-0.39, 0.29) is 0 Å². The van der Waals surface area contributed by atoms with E-state index in [2.05, 4.69) is 5.32 Å². The molecule has 0 spiro atoms. The molecular formula is C21H21NO7S. The van der Waals surface area contributed by atoms with Crippen LogP contribution in [0.15, 0.2) is 60.7 Å². The molecule has 0 bridgehead atoms. The van der Waals surface area contributed by atoms with Crippen LogP contribution in [0.1, 0.15) is 34.6 Å². The number of carboxylic acid groups (broad SMARTS) is 1. The fourth-order valence-electron chi connectivity index (χ4n) is 2.43. The molecule has 0 aliphatic heterocycles. The molecule has 0 radical (unpaired) electrons. The first-order chi connectivity index (χ1) is 14.2. The van der Waals surface area contributed by atoms with Crippen molar-refractivity contribution in [2.24, 2.45) is 0 Å². The number of benzene rings is 2. The Morgan fingerprint density at radius 3 is 2.00 bits per heavy atom. The summed E-state index contributed by atoms with van der Waals surface area (Å²) in [6, 6.07) is 14.9. The third-order valence-corrected chi connectivity index (χ3v) is 5.02. The van der Waals surface area contributed by atoms with E-state index in [9.17, 15) is 24.3 Å². The summed E-state index contributed by atoms with van der Waals surface area (Å²) >= 11 is 0.575. The zero-order valence-corrected chi connectivity index (χ0v) is 17.2. The van der Waals surface area contributed by atoms with Crippen LogP contribution in [0.4, 0.5) is 4.79 Å². The first-order valence-electron chi connectivity index (χ1n) is 8.87. The number of esters is 1. The molecule has 0 saturated heterocycles. The summed E-state index contributed by atoms with van der Waals surface area (Å²) in [6.07, 6.45) is 0. The number of nitrogens with one attached hydrogen (secondary N) is 1. The Kier molecular flexibility index (Phi) is 7.99. The molecule has 0 aliphatic rings. The lowest BCUT2D eigenvalue weighted by Crippen LogP contribution is -2.53. The first-order valence-corrected chi connectivity index (χ1v) is 9.69. The summed E-state index contributed by atoms with van der Waals surface area (Å²) in [7, 11) is 0. The highest BCUT2D eigenvalue weighted by molar-refractivity contribution is 8.14. The zero-order chi connectivity index (χ0) is 22.1. The van der Waals surface area contributed by atoms with Crippen molar-refractivity contribution in [2.75, 3.05) is 6.79 Å². The van der Waals surface area contributed by atoms with Gasteiger partial charge in [0, 0.05) is 5.56 Å². The van der Waals surface area contributed by atoms with Crippen LogP contribution in [0.3, 0.4) is 0 Å². The molecule has 2 rings (SSSR count). The topological polar surface area (TPSA) is 119 Å². The Hall–Kier alpha value is -3.33. The van der Waals surface area contributed by atoms with Gasteiger partial charge >= 0.3 is 17.2 Å². The fraction of sp³-hybridized carbons (Fsp3) is 0.238. The van der Waals surface area contributed by atoms with Gasteiger partial charge in [0.2, 0.25) is 6.79 Å². The SMILES string of the molecule is CC(C)(SC(=O)OCOC(=O)c1ccccc1)[C@@H](NC(=O)c1ccccc1)C(=O)O. The minimum atomic E-state index is -1.38. The maximum atomic E-state index is 12.3. The summed E-state index contributed by atoms with van der Waals surface area (Å²) in [4.78, 5) is 47.9. The highest BCUT2D eigenvalue weighted by atomic mass is 32.2. The lowest BCUT2D eigenvalue weighted by molar-refractivity contribution is -0.139. The number of carboxylic acids is 1. The predicted molar refractivity (Wildman–Crippen MR) is 110 cm³/mol. The van der Waals surface area contributed by atoms with Gasteiger partial charge in [-0.15, -0.1) is 0 Å². The summed E-state index contributed by atoms with van der Waals surface area (Å²) in [5.74, 6) is -2.55. The van der Waals surface area contributed by atoms with Gasteiger partial charge < -0.3 is 19.9 Å². The van der Waals surface area contributed by atoms with Crippen molar-refractivity contribution in [1.29, 1.82) is 0 Å². The van der Waals surface area contributed by atoms with Crippen molar-refractivity contribution < 1.29 is 33.8 Å². The van der Waals surface area contributed by atoms with Crippen LogP contribution < -0.4 is 5.32 Å². The molecule has 9 heteroatoms. The quantitative estimate of drug-likeness (QED) is 0.483. The van der Waals surface area contributed by atoms with Gasteiger partial charge in [-0.25, -0.2) is 14.4 Å². The van der Waals surface area contributed by atoms with Crippen LogP contribution >= 0.6 is 11.8 Å². The van der Waals surface area contributed by atoms with Crippen LogP contribution in [0.2, 0.25) is 0 Å². The van der Waals surface area contributed by atoms with Gasteiger partial charge in [-0.1, -0.05) is 36.4 Å². The monoisotopic (exact) mass is 431 g/mol. The maximum absolute atomic E-state index is 12.3. The zero-order valence-electron chi connectivity index (χ0n) is 16.4. The third-order valence-electron chi connectivity index (χ3n) is 3.98. The van der Waals surface area contributed by atoms with E-state index in [1.165, 1.54) is 13.8 Å². The molecule has 0 aliphatic carbocycles. The van der Waals surface area contributed by atoms with E-state index >= 15 is 0 Å². The molecule has 2 N–H and O–H groups in total. The Balaban J connectivity index is 1.91. The molecule has 158 valence electrons. The molecule has 30 heavy (non-hydrogen) atoms. The number of rotatable bonds is 8. The summed E-state index contributed by atoms with van der Waals surface area (Å²) < 4.78 is 8.47. The number of aliphatic carboxylic acids is 1. The number of hydrogen-bond donors (Lipinski definition) is 2. The van der Waals surface area contributed by atoms with Gasteiger partial charge in [0.25, 0.3) is 5.91 Å². The second kappa shape index (κ2) is 10.4. The molecule has 0 unspecified atom stereocenters. The summed E-state index contributed by atoms with van der Waals surface area (Å²) in [5.41, 5.74) is 0.594. The Morgan fingerprint density at radius 1 is 0.933 bits per heavy atom. The number of thioether (sulfide) groups is 1. The van der Waals surface area contributed by atoms with Crippen LogP contribution in [0.5, 0.6) is 0 Å². The first kappa shape index (κ1) is 23.0. The van der Waals surface area contributed by atoms with E-state index in [0.29, 0.717) is 22.9 Å². The van der Waals surface area contributed by atoms with Gasteiger partial charge in [-0.05, 0) is 49.9 Å². The third kappa shape index (κ3) is 6.63. The Bertz CT molecular complexity index is 900. The van der Waals surface area contributed by atoms with Gasteiger partial charge in [-0.2, -0.15) is 0 Å². The van der Waals surface area contributed by atoms with E-state index in [1.807, 2.05) is 0 Å². The molecule has 8 nitrogen and oxygen atoms in total. The molecule has 1 atom stereocenters. The van der Waals surface area contributed by atoms with E-state index in [0.717, 1.165) is 0 Å². The lowest BCUT2D eigenvalue weighted by atomic mass is 10.0. The van der Waals surface area contributed by atoms with Gasteiger partial charge in [-0.3, -0.25) is 4.79 Å². The van der Waals surface area contributed by atoms with Gasteiger partial charge in [0.1, 0.15) is 6.04 Å². The molecule has 2 aromatic rings. The second-order valence-corrected chi connectivity index (χ2v) is 8.22. The highest BCUT2D eigenvalue weighted by Crippen LogP contribution is 2.30. The minimum Gasteiger partial charge on any atom is -0.480 e. The lowest BCUT2D eigenvalue weighted by Gasteiger charge is -2.30. The average molecular weight is 431 g/mol. The number of amides is 1. The van der Waals surface area contributed by atoms with Crippen LogP contribution in [0, 0.1) is 0 Å². The van der Waals surface area contributed by atoms with Crippen molar-refractivity contribution in [3.05, 3.63) is 71.8 Å². The maximum Gasteiger partial charge on any atom is 0.370 e. The van der Waals surface area contributed by atoms with Gasteiger partial charge in [0.05, 0.1) is 10.3 Å². The molecule has 1 amide bonds.